The zero-order valence-electron chi connectivity index (χ0n) is 20.0. The van der Waals surface area contributed by atoms with Crippen molar-refractivity contribution in [2.24, 2.45) is 0 Å². The van der Waals surface area contributed by atoms with Crippen LogP contribution in [0, 0.1) is 17.0 Å². The predicted octanol–water partition coefficient (Wildman–Crippen LogP) is 4.26. The number of amides is 1. The van der Waals surface area contributed by atoms with Crippen LogP contribution in [0.4, 0.5) is 30.2 Å². The van der Waals surface area contributed by atoms with E-state index in [4.69, 9.17) is 4.74 Å². The largest absolute Gasteiger partial charge is 0.423 e. The highest BCUT2D eigenvalue weighted by molar-refractivity contribution is 5.77. The van der Waals surface area contributed by atoms with Crippen LogP contribution in [0.2, 0.25) is 0 Å². The van der Waals surface area contributed by atoms with Gasteiger partial charge in [-0.3, -0.25) is 14.9 Å². The Hall–Kier alpha value is -3.34. The number of rotatable bonds is 6. The van der Waals surface area contributed by atoms with Gasteiger partial charge in [0.1, 0.15) is 12.2 Å². The molecule has 0 saturated carbocycles. The van der Waals surface area contributed by atoms with E-state index in [0.29, 0.717) is 39.0 Å². The van der Waals surface area contributed by atoms with Gasteiger partial charge in [-0.2, -0.15) is 13.2 Å². The Labute approximate surface area is 207 Å². The first-order chi connectivity index (χ1) is 17.1. The van der Waals surface area contributed by atoms with Gasteiger partial charge in [-0.25, -0.2) is 0 Å². The third-order valence-electron chi connectivity index (χ3n) is 6.76. The van der Waals surface area contributed by atoms with Gasteiger partial charge in [0.05, 0.1) is 11.0 Å². The summed E-state index contributed by atoms with van der Waals surface area (Å²) in [5, 5.41) is 11.0. The van der Waals surface area contributed by atoms with Crippen molar-refractivity contribution >= 4 is 23.0 Å². The Morgan fingerprint density at radius 2 is 1.56 bits per heavy atom. The molecule has 0 aromatic heterocycles. The molecule has 0 radical (unpaired) electrons. The fraction of sp³-hybridized carbons (Fsp3) is 0.480. The lowest BCUT2D eigenvalue weighted by atomic mass is 10.1. The maximum atomic E-state index is 13.3. The molecule has 2 fully saturated rings. The van der Waals surface area contributed by atoms with Crippen molar-refractivity contribution in [2.75, 3.05) is 55.7 Å². The topological polar surface area (TPSA) is 79.2 Å². The molecule has 2 aliphatic rings. The number of hydrogen-bond donors (Lipinski definition) is 0. The number of carbonyl (C=O) groups excluding carboxylic acids is 1. The molecule has 0 bridgehead atoms. The van der Waals surface area contributed by atoms with Crippen molar-refractivity contribution < 1.29 is 27.6 Å². The molecule has 0 atom stereocenters. The third-order valence-corrected chi connectivity index (χ3v) is 6.76. The van der Waals surface area contributed by atoms with Crippen LogP contribution in [0.5, 0.6) is 0 Å². The number of benzene rings is 2. The van der Waals surface area contributed by atoms with Gasteiger partial charge >= 0.3 is 6.18 Å². The number of anilines is 2. The minimum atomic E-state index is -4.81. The number of piperidine rings is 1. The Morgan fingerprint density at radius 1 is 0.972 bits per heavy atom. The fourth-order valence-electron chi connectivity index (χ4n) is 4.64. The van der Waals surface area contributed by atoms with Crippen LogP contribution in [0.1, 0.15) is 24.0 Å². The highest BCUT2D eigenvalue weighted by Gasteiger charge is 2.39. The van der Waals surface area contributed by atoms with Crippen molar-refractivity contribution in [3.63, 3.8) is 0 Å². The van der Waals surface area contributed by atoms with E-state index < -0.39 is 22.4 Å². The number of hydrogen-bond acceptors (Lipinski definition) is 6. The van der Waals surface area contributed by atoms with Gasteiger partial charge in [-0.05, 0) is 44.0 Å². The molecule has 0 aliphatic carbocycles. The second kappa shape index (κ2) is 10.7. The quantitative estimate of drug-likeness (QED) is 0.431. The second-order valence-corrected chi connectivity index (χ2v) is 9.16. The number of halogens is 3. The highest BCUT2D eigenvalue weighted by Crippen LogP contribution is 2.38. The van der Waals surface area contributed by atoms with E-state index in [1.54, 1.807) is 9.80 Å². The van der Waals surface area contributed by atoms with E-state index in [9.17, 15) is 28.1 Å². The molecule has 0 unspecified atom stereocenters. The maximum Gasteiger partial charge on any atom is 0.423 e. The first kappa shape index (κ1) is 25.7. The summed E-state index contributed by atoms with van der Waals surface area (Å²) in [5.41, 5.74) is 0.424. The third kappa shape index (κ3) is 6.07. The SMILES string of the molecule is Cc1ccc(N2CCN(C(=O)COC3CCN(c4ccc([N+](=O)[O-])c(C(F)(F)F)c4)CC3)CC2)cc1. The molecule has 11 heteroatoms. The summed E-state index contributed by atoms with van der Waals surface area (Å²) in [7, 11) is 0. The van der Waals surface area contributed by atoms with E-state index in [1.165, 1.54) is 11.6 Å². The Morgan fingerprint density at radius 3 is 2.14 bits per heavy atom. The van der Waals surface area contributed by atoms with Gasteiger partial charge in [-0.15, -0.1) is 0 Å². The zero-order chi connectivity index (χ0) is 25.9. The van der Waals surface area contributed by atoms with Crippen LogP contribution >= 0.6 is 0 Å². The molecule has 0 spiro atoms. The highest BCUT2D eigenvalue weighted by atomic mass is 19.4. The number of carbonyl (C=O) groups is 1. The summed E-state index contributed by atoms with van der Waals surface area (Å²) in [6.07, 6.45) is -3.88. The van der Waals surface area contributed by atoms with E-state index >= 15 is 0 Å². The molecule has 2 aliphatic heterocycles. The van der Waals surface area contributed by atoms with E-state index in [0.717, 1.165) is 30.9 Å². The van der Waals surface area contributed by atoms with E-state index in [-0.39, 0.29) is 24.3 Å². The standard InChI is InChI=1S/C25H29F3N4O4/c1-18-2-4-19(5-3-18)30-12-14-31(15-13-30)24(33)17-36-21-8-10-29(11-9-21)20-6-7-23(32(34)35)22(16-20)25(26,27)28/h2-7,16,21H,8-15,17H2,1H3. The Kier molecular flexibility index (Phi) is 7.67. The lowest BCUT2D eigenvalue weighted by Crippen LogP contribution is -2.50. The maximum absolute atomic E-state index is 13.3. The van der Waals surface area contributed by atoms with Crippen LogP contribution in [0.15, 0.2) is 42.5 Å². The lowest BCUT2D eigenvalue weighted by Gasteiger charge is -2.37. The molecule has 2 aromatic carbocycles. The van der Waals surface area contributed by atoms with E-state index in [2.05, 4.69) is 29.2 Å². The number of aryl methyl sites for hydroxylation is 1. The molecule has 4 rings (SSSR count). The number of nitro groups is 1. The summed E-state index contributed by atoms with van der Waals surface area (Å²) >= 11 is 0. The summed E-state index contributed by atoms with van der Waals surface area (Å²) in [6, 6.07) is 11.4. The first-order valence-corrected chi connectivity index (χ1v) is 11.9. The molecule has 8 nitrogen and oxygen atoms in total. The summed E-state index contributed by atoms with van der Waals surface area (Å²) in [6.45, 7) is 5.64. The monoisotopic (exact) mass is 506 g/mol. The van der Waals surface area contributed by atoms with Crippen molar-refractivity contribution in [3.05, 3.63) is 63.7 Å². The van der Waals surface area contributed by atoms with Crippen LogP contribution in [-0.4, -0.2) is 67.7 Å². The van der Waals surface area contributed by atoms with Crippen molar-refractivity contribution in [3.8, 4) is 0 Å². The second-order valence-electron chi connectivity index (χ2n) is 9.16. The Bertz CT molecular complexity index is 1080. The molecule has 36 heavy (non-hydrogen) atoms. The number of alkyl halides is 3. The van der Waals surface area contributed by atoms with Gasteiger partial charge in [-0.1, -0.05) is 17.7 Å². The van der Waals surface area contributed by atoms with Crippen molar-refractivity contribution in [2.45, 2.75) is 32.0 Å². The van der Waals surface area contributed by atoms with Crippen LogP contribution in [0.3, 0.4) is 0 Å². The summed E-state index contributed by atoms with van der Waals surface area (Å²) in [4.78, 5) is 28.4. The normalized spacial score (nSPS) is 17.4. The minimum Gasteiger partial charge on any atom is -0.371 e. The summed E-state index contributed by atoms with van der Waals surface area (Å²) in [5.74, 6) is -0.0637. The molecule has 194 valence electrons. The molecule has 2 aromatic rings. The average molecular weight is 507 g/mol. The smallest absolute Gasteiger partial charge is 0.371 e. The number of ether oxygens (including phenoxy) is 1. The van der Waals surface area contributed by atoms with Gasteiger partial charge < -0.3 is 19.4 Å². The molecule has 0 N–H and O–H groups in total. The van der Waals surface area contributed by atoms with Gasteiger partial charge in [0.15, 0.2) is 0 Å². The van der Waals surface area contributed by atoms with Crippen molar-refractivity contribution in [1.82, 2.24) is 4.90 Å². The molecular formula is C25H29F3N4O4. The Balaban J connectivity index is 1.24. The molecule has 2 saturated heterocycles. The fourth-order valence-corrected chi connectivity index (χ4v) is 4.64. The lowest BCUT2D eigenvalue weighted by molar-refractivity contribution is -0.388. The number of nitro benzene ring substituents is 1. The van der Waals surface area contributed by atoms with Crippen LogP contribution in [0.25, 0.3) is 0 Å². The van der Waals surface area contributed by atoms with Gasteiger partial charge in [0, 0.05) is 56.7 Å². The predicted molar refractivity (Wildman–Crippen MR) is 129 cm³/mol. The number of nitrogens with zero attached hydrogens (tertiary/aromatic N) is 4. The molecular weight excluding hydrogens is 477 g/mol. The average Bonchev–Trinajstić information content (AvgIpc) is 2.87. The zero-order valence-corrected chi connectivity index (χ0v) is 20.0. The first-order valence-electron chi connectivity index (χ1n) is 11.9. The van der Waals surface area contributed by atoms with Gasteiger partial charge in [0.25, 0.3) is 5.69 Å². The number of piperazine rings is 1. The van der Waals surface area contributed by atoms with Gasteiger partial charge in [0.2, 0.25) is 5.91 Å². The van der Waals surface area contributed by atoms with Crippen LogP contribution in [-0.2, 0) is 15.7 Å². The minimum absolute atomic E-state index is 0.0229. The van der Waals surface area contributed by atoms with Crippen molar-refractivity contribution in [1.29, 1.82) is 0 Å². The summed E-state index contributed by atoms with van der Waals surface area (Å²) < 4.78 is 45.7. The van der Waals surface area contributed by atoms with E-state index in [1.807, 2.05) is 6.92 Å². The molecule has 1 amide bonds. The molecule has 2 heterocycles. The van der Waals surface area contributed by atoms with Crippen LogP contribution < -0.4 is 9.80 Å².